The highest BCUT2D eigenvalue weighted by atomic mass is 79.9. The quantitative estimate of drug-likeness (QED) is 0.131. The molecule has 9 heterocycles. The van der Waals surface area contributed by atoms with Crippen LogP contribution in [0.25, 0.3) is 42.1 Å². The summed E-state index contributed by atoms with van der Waals surface area (Å²) in [6.45, 7) is 8.18. The Morgan fingerprint density at radius 2 is 1.34 bits per heavy atom. The average Bonchev–Trinajstić information content (AvgIpc) is 3.87. The van der Waals surface area contributed by atoms with E-state index in [1.165, 1.54) is 18.3 Å². The molecule has 18 heteroatoms. The van der Waals surface area contributed by atoms with Gasteiger partial charge in [-0.3, -0.25) is 9.97 Å². The fourth-order valence-corrected chi connectivity index (χ4v) is 7.78. The number of hydrogen-bond acceptors (Lipinski definition) is 12. The molecular weight excluding hydrogens is 868 g/mol. The van der Waals surface area contributed by atoms with E-state index in [0.717, 1.165) is 63.6 Å². The summed E-state index contributed by atoms with van der Waals surface area (Å²) in [5.74, 6) is -1.12. The summed E-state index contributed by atoms with van der Waals surface area (Å²) in [7, 11) is -1.88. The summed E-state index contributed by atoms with van der Waals surface area (Å²) in [6.07, 6.45) is 9.69. The van der Waals surface area contributed by atoms with Gasteiger partial charge in [0.05, 0.1) is 41.1 Å². The molecule has 1 aliphatic rings. The van der Waals surface area contributed by atoms with Crippen LogP contribution in [-0.4, -0.2) is 65.4 Å². The predicted octanol–water partition coefficient (Wildman–Crippen LogP) is 8.55. The molecule has 0 aliphatic carbocycles. The van der Waals surface area contributed by atoms with Crippen LogP contribution in [0, 0.1) is 11.9 Å². The smallest absolute Gasteiger partial charge is 0.423 e. The highest BCUT2D eigenvalue weighted by molar-refractivity contribution is 9.11. The third kappa shape index (κ3) is 11.1. The van der Waals surface area contributed by atoms with Gasteiger partial charge in [-0.2, -0.15) is 8.78 Å². The fourth-order valence-electron chi connectivity index (χ4n) is 5.17. The second-order valence-corrected chi connectivity index (χ2v) is 17.5. The number of rotatable bonds is 4. The van der Waals surface area contributed by atoms with Crippen molar-refractivity contribution in [3.05, 3.63) is 143 Å². The minimum atomic E-state index is -1.58. The van der Waals surface area contributed by atoms with Crippen molar-refractivity contribution in [3.8, 4) is 21.7 Å². The van der Waals surface area contributed by atoms with Gasteiger partial charge in [0.25, 0.3) is 0 Å². The van der Waals surface area contributed by atoms with E-state index in [-0.39, 0.29) is 23.8 Å². The van der Waals surface area contributed by atoms with E-state index in [1.54, 1.807) is 53.4 Å². The van der Waals surface area contributed by atoms with Crippen LogP contribution in [0.15, 0.2) is 126 Å². The van der Waals surface area contributed by atoms with Gasteiger partial charge in [0.2, 0.25) is 11.9 Å². The zero-order chi connectivity index (χ0) is 41.5. The molecule has 8 aromatic rings. The summed E-state index contributed by atoms with van der Waals surface area (Å²) >= 11 is 12.4. The second kappa shape index (κ2) is 19.0. The van der Waals surface area contributed by atoms with Crippen LogP contribution in [0.4, 0.5) is 8.78 Å². The molecule has 58 heavy (non-hydrogen) atoms. The minimum Gasteiger partial charge on any atom is -0.423 e. The molecule has 0 saturated carbocycles. The Morgan fingerprint density at radius 3 is 1.95 bits per heavy atom. The van der Waals surface area contributed by atoms with Crippen molar-refractivity contribution in [1.82, 2.24) is 29.9 Å². The van der Waals surface area contributed by atoms with E-state index in [2.05, 4.69) is 51.9 Å². The average molecular weight is 902 g/mol. The van der Waals surface area contributed by atoms with Crippen LogP contribution in [-0.2, 0) is 9.31 Å². The van der Waals surface area contributed by atoms with E-state index in [4.69, 9.17) is 31.0 Å². The van der Waals surface area contributed by atoms with Crippen molar-refractivity contribution in [2.45, 2.75) is 38.9 Å². The molecule has 8 aromatic heterocycles. The van der Waals surface area contributed by atoms with Gasteiger partial charge in [0, 0.05) is 64.1 Å². The Morgan fingerprint density at radius 1 is 0.707 bits per heavy atom. The molecule has 294 valence electrons. The summed E-state index contributed by atoms with van der Waals surface area (Å²) < 4.78 is 40.1. The van der Waals surface area contributed by atoms with Crippen LogP contribution < -0.4 is 10.9 Å². The molecule has 0 atom stereocenters. The maximum absolute atomic E-state index is 12.9. The molecule has 1 saturated heterocycles. The lowest BCUT2D eigenvalue weighted by Crippen LogP contribution is -2.41. The molecule has 0 spiro atoms. The van der Waals surface area contributed by atoms with Gasteiger partial charge in [0.1, 0.15) is 5.15 Å². The van der Waals surface area contributed by atoms with Crippen LogP contribution >= 0.6 is 50.2 Å². The molecule has 1 fully saturated rings. The second-order valence-electron chi connectivity index (χ2n) is 13.5. The van der Waals surface area contributed by atoms with Crippen LogP contribution in [0.3, 0.4) is 0 Å². The topological polar surface area (TPSA) is 136 Å². The number of thiophene rings is 2. The summed E-state index contributed by atoms with van der Waals surface area (Å²) in [6, 6.07) is 24.9. The number of pyridine rings is 6. The molecule has 0 radical (unpaired) electrons. The normalized spacial score (nSPS) is 13.8. The van der Waals surface area contributed by atoms with Crippen molar-refractivity contribution in [2.75, 3.05) is 0 Å². The molecule has 0 aromatic carbocycles. The number of halogens is 4. The molecule has 9 rings (SSSR count). The van der Waals surface area contributed by atoms with Crippen LogP contribution in [0.2, 0.25) is 5.15 Å². The first kappa shape index (κ1) is 43.0. The van der Waals surface area contributed by atoms with E-state index < -0.39 is 19.0 Å². The molecule has 2 N–H and O–H groups in total. The van der Waals surface area contributed by atoms with Crippen LogP contribution in [0.1, 0.15) is 27.7 Å². The van der Waals surface area contributed by atoms with Crippen molar-refractivity contribution in [2.24, 2.45) is 0 Å². The maximum Gasteiger partial charge on any atom is 0.496 e. The molecular formula is C40H34B2BrClF2N6O4S2. The summed E-state index contributed by atoms with van der Waals surface area (Å²) in [5, 5.41) is 17.6. The van der Waals surface area contributed by atoms with Gasteiger partial charge in [-0.15, -0.1) is 22.7 Å². The highest BCUT2D eigenvalue weighted by Gasteiger charge is 2.51. The first-order valence-electron chi connectivity index (χ1n) is 17.5. The Bertz CT molecular complexity index is 2560. The van der Waals surface area contributed by atoms with Crippen molar-refractivity contribution < 1.29 is 28.1 Å². The van der Waals surface area contributed by atoms with Gasteiger partial charge < -0.3 is 19.4 Å². The van der Waals surface area contributed by atoms with Gasteiger partial charge in [-0.25, -0.2) is 19.9 Å². The van der Waals surface area contributed by atoms with E-state index >= 15 is 0 Å². The lowest BCUT2D eigenvalue weighted by atomic mass is 9.80. The monoisotopic (exact) mass is 900 g/mol. The fraction of sp³-hybridized carbons (Fsp3) is 0.150. The number of fused-ring (bicyclic) bond motifs is 2. The zero-order valence-corrected chi connectivity index (χ0v) is 35.4. The number of nitrogens with zero attached hydrogens (tertiary/aromatic N) is 6. The van der Waals surface area contributed by atoms with Gasteiger partial charge in [0.15, 0.2) is 0 Å². The molecule has 10 nitrogen and oxygen atoms in total. The highest BCUT2D eigenvalue weighted by Crippen LogP contribution is 2.36. The summed E-state index contributed by atoms with van der Waals surface area (Å²) in [4.78, 5) is 25.0. The molecule has 0 amide bonds. The number of aromatic nitrogens is 6. The van der Waals surface area contributed by atoms with Gasteiger partial charge in [-0.05, 0) is 110 Å². The van der Waals surface area contributed by atoms with Crippen molar-refractivity contribution in [1.29, 1.82) is 0 Å². The van der Waals surface area contributed by atoms with E-state index in [9.17, 15) is 8.78 Å². The minimum absolute atomic E-state index is 0.182. The van der Waals surface area contributed by atoms with Crippen molar-refractivity contribution >= 4 is 95.8 Å². The largest absolute Gasteiger partial charge is 0.496 e. The van der Waals surface area contributed by atoms with Gasteiger partial charge >= 0.3 is 14.2 Å². The number of hydrogen-bond donors (Lipinski definition) is 2. The maximum atomic E-state index is 12.9. The zero-order valence-electron chi connectivity index (χ0n) is 31.4. The first-order chi connectivity index (χ1) is 27.7. The SMILES string of the molecule is CC1(C)OB(c2cccnc2)OC1(C)C.Clc1ccc2sc(Br)cc2n1.Fc1ccc(-c2ccc3sc(-c4cccnc4)cc3n2)cn1.OB(O)c1ccc(F)nc1. The lowest BCUT2D eigenvalue weighted by Gasteiger charge is -2.32. The predicted molar refractivity (Wildman–Crippen MR) is 232 cm³/mol. The summed E-state index contributed by atoms with van der Waals surface area (Å²) in [5.41, 5.74) is 5.13. The third-order valence-electron chi connectivity index (χ3n) is 8.91. The Kier molecular flexibility index (Phi) is 14.1. The first-order valence-corrected chi connectivity index (χ1v) is 20.4. The van der Waals surface area contributed by atoms with E-state index in [1.807, 2.05) is 82.4 Å². The third-order valence-corrected chi connectivity index (χ3v) is 11.9. The standard InChI is InChI=1S/C17H10FN3S.C11H16BNO2.C7H3BrClNS.C5H5BFNO2/c18-17-6-3-11(10-20-17)13-4-5-15-14(21-13)8-16(22-15)12-2-1-7-19-9-12;1-10(2)11(3,4)15-12(14-10)9-6-5-7-13-8-9;8-6-3-4-5(11-6)1-2-7(9)10-4;7-5-2-1-4(3-8-5)6(9)10/h1-10H;5-8H,1-4H3;1-3H;1-3,9-10H. The van der Waals surface area contributed by atoms with Crippen LogP contribution in [0.5, 0.6) is 0 Å². The Labute approximate surface area is 355 Å². The molecule has 0 bridgehead atoms. The lowest BCUT2D eigenvalue weighted by molar-refractivity contribution is 0.00578. The molecule has 1 aliphatic heterocycles. The van der Waals surface area contributed by atoms with Gasteiger partial charge in [-0.1, -0.05) is 29.8 Å². The van der Waals surface area contributed by atoms with Crippen molar-refractivity contribution in [3.63, 3.8) is 0 Å². The van der Waals surface area contributed by atoms with E-state index in [0.29, 0.717) is 5.15 Å². The molecule has 0 unspecified atom stereocenters. The Balaban J connectivity index is 0.000000138. The Hall–Kier alpha value is -4.58.